The van der Waals surface area contributed by atoms with Gasteiger partial charge in [0.2, 0.25) is 0 Å². The first-order valence-corrected chi connectivity index (χ1v) is 5.84. The summed E-state index contributed by atoms with van der Waals surface area (Å²) in [5, 5.41) is 4.57. The molecule has 1 aromatic carbocycles. The van der Waals surface area contributed by atoms with E-state index >= 15 is 0 Å². The fraction of sp³-hybridized carbons (Fsp3) is 0.455. The number of likely N-dealkylation sites (N-methyl/N-ethyl adjacent to an activating group) is 1. The molecule has 0 bridgehead atoms. The molecule has 0 spiro atoms. The van der Waals surface area contributed by atoms with Crippen molar-refractivity contribution in [1.29, 1.82) is 0 Å². The summed E-state index contributed by atoms with van der Waals surface area (Å²) in [4.78, 5) is 2.27. The Kier molecular flexibility index (Phi) is 3.39. The molecule has 4 heteroatoms. The molecule has 0 radical (unpaired) electrons. The van der Waals surface area contributed by atoms with Gasteiger partial charge in [0.15, 0.2) is 0 Å². The van der Waals surface area contributed by atoms with Gasteiger partial charge < -0.3 is 10.2 Å². The number of nitrogens with one attached hydrogen (secondary N) is 1. The van der Waals surface area contributed by atoms with E-state index in [0.717, 1.165) is 25.2 Å². The van der Waals surface area contributed by atoms with E-state index in [1.807, 2.05) is 25.2 Å². The van der Waals surface area contributed by atoms with E-state index in [-0.39, 0.29) is 0 Å². The highest BCUT2D eigenvalue weighted by atomic mass is 35.5. The Labute approximate surface area is 100 Å². The van der Waals surface area contributed by atoms with Crippen LogP contribution in [0, 0.1) is 0 Å². The van der Waals surface area contributed by atoms with Crippen LogP contribution in [0.15, 0.2) is 18.2 Å². The minimum absolute atomic E-state index is 0.556. The van der Waals surface area contributed by atoms with Gasteiger partial charge in [0.05, 0.1) is 15.7 Å². The Bertz CT molecular complexity index is 354. The number of halogens is 2. The predicted octanol–water partition coefficient (Wildman–Crippen LogP) is 2.79. The van der Waals surface area contributed by atoms with E-state index in [9.17, 15) is 0 Å². The number of hydrogen-bond donors (Lipinski definition) is 1. The topological polar surface area (TPSA) is 15.3 Å². The molecule has 1 unspecified atom stereocenters. The third kappa shape index (κ3) is 2.22. The summed E-state index contributed by atoms with van der Waals surface area (Å²) >= 11 is 12.2. The SMILES string of the molecule is CNC1CCN(c2cccc(Cl)c2Cl)C1. The fourth-order valence-electron chi connectivity index (χ4n) is 1.95. The summed E-state index contributed by atoms with van der Waals surface area (Å²) in [6, 6.07) is 6.33. The Morgan fingerprint density at radius 3 is 2.87 bits per heavy atom. The van der Waals surface area contributed by atoms with Crippen molar-refractivity contribution in [1.82, 2.24) is 5.32 Å². The van der Waals surface area contributed by atoms with E-state index in [0.29, 0.717) is 16.1 Å². The Morgan fingerprint density at radius 1 is 1.40 bits per heavy atom. The van der Waals surface area contributed by atoms with Crippen LogP contribution < -0.4 is 10.2 Å². The van der Waals surface area contributed by atoms with E-state index < -0.39 is 0 Å². The zero-order valence-electron chi connectivity index (χ0n) is 8.63. The summed E-state index contributed by atoms with van der Waals surface area (Å²) in [7, 11) is 1.99. The highest BCUT2D eigenvalue weighted by Gasteiger charge is 2.23. The summed E-state index contributed by atoms with van der Waals surface area (Å²) in [5.74, 6) is 0. The van der Waals surface area contributed by atoms with Gasteiger partial charge in [-0.1, -0.05) is 29.3 Å². The minimum Gasteiger partial charge on any atom is -0.369 e. The second-order valence-corrected chi connectivity index (χ2v) is 4.58. The van der Waals surface area contributed by atoms with Gasteiger partial charge in [-0.05, 0) is 25.6 Å². The monoisotopic (exact) mass is 244 g/mol. The summed E-state index contributed by atoms with van der Waals surface area (Å²) < 4.78 is 0. The van der Waals surface area contributed by atoms with E-state index in [1.165, 1.54) is 0 Å². The first-order valence-electron chi connectivity index (χ1n) is 5.08. The largest absolute Gasteiger partial charge is 0.369 e. The van der Waals surface area contributed by atoms with Crippen LogP contribution in [0.5, 0.6) is 0 Å². The normalized spacial score (nSPS) is 21.0. The molecule has 0 amide bonds. The van der Waals surface area contributed by atoms with Gasteiger partial charge in [-0.25, -0.2) is 0 Å². The van der Waals surface area contributed by atoms with Crippen molar-refractivity contribution in [2.45, 2.75) is 12.5 Å². The zero-order chi connectivity index (χ0) is 10.8. The molecule has 0 aromatic heterocycles. The Balaban J connectivity index is 2.20. The molecule has 1 fully saturated rings. The van der Waals surface area contributed by atoms with Crippen LogP contribution in [0.25, 0.3) is 0 Å². The van der Waals surface area contributed by atoms with Crippen LogP contribution in [0.1, 0.15) is 6.42 Å². The minimum atomic E-state index is 0.556. The molecule has 1 aliphatic heterocycles. The second kappa shape index (κ2) is 4.60. The molecule has 0 saturated carbocycles. The molecule has 2 rings (SSSR count). The lowest BCUT2D eigenvalue weighted by molar-refractivity contribution is 0.617. The van der Waals surface area contributed by atoms with Crippen LogP contribution in [-0.2, 0) is 0 Å². The highest BCUT2D eigenvalue weighted by molar-refractivity contribution is 6.43. The zero-order valence-corrected chi connectivity index (χ0v) is 10.1. The summed E-state index contributed by atoms with van der Waals surface area (Å²) in [6.07, 6.45) is 1.15. The Hall–Kier alpha value is -0.440. The maximum Gasteiger partial charge on any atom is 0.0825 e. The first-order chi connectivity index (χ1) is 7.22. The number of hydrogen-bond acceptors (Lipinski definition) is 2. The molecule has 2 nitrogen and oxygen atoms in total. The molecule has 82 valence electrons. The standard InChI is InChI=1S/C11H14Cl2N2/c1-14-8-5-6-15(7-8)10-4-2-3-9(12)11(10)13/h2-4,8,14H,5-7H2,1H3. The maximum atomic E-state index is 6.17. The molecular weight excluding hydrogens is 231 g/mol. The maximum absolute atomic E-state index is 6.17. The van der Waals surface area contributed by atoms with Gasteiger partial charge in [0.25, 0.3) is 0 Å². The highest BCUT2D eigenvalue weighted by Crippen LogP contribution is 2.33. The third-order valence-electron chi connectivity index (χ3n) is 2.87. The fourth-order valence-corrected chi connectivity index (χ4v) is 2.37. The number of anilines is 1. The van der Waals surface area contributed by atoms with E-state index in [4.69, 9.17) is 23.2 Å². The average Bonchev–Trinajstić information content (AvgIpc) is 2.70. The first kappa shape index (κ1) is 11.1. The molecular formula is C11H14Cl2N2. The summed E-state index contributed by atoms with van der Waals surface area (Å²) in [5.41, 5.74) is 1.04. The van der Waals surface area contributed by atoms with Crippen LogP contribution in [-0.4, -0.2) is 26.2 Å². The number of benzene rings is 1. The van der Waals surface area contributed by atoms with Gasteiger partial charge in [-0.3, -0.25) is 0 Å². The quantitative estimate of drug-likeness (QED) is 0.861. The molecule has 1 N–H and O–H groups in total. The van der Waals surface area contributed by atoms with Crippen molar-refractivity contribution in [2.75, 3.05) is 25.0 Å². The lowest BCUT2D eigenvalue weighted by atomic mass is 10.3. The average molecular weight is 245 g/mol. The van der Waals surface area contributed by atoms with Gasteiger partial charge in [0.1, 0.15) is 0 Å². The molecule has 1 aliphatic rings. The number of nitrogens with zero attached hydrogens (tertiary/aromatic N) is 1. The second-order valence-electron chi connectivity index (χ2n) is 3.79. The lowest BCUT2D eigenvalue weighted by Crippen LogP contribution is -2.29. The number of rotatable bonds is 2. The van der Waals surface area contributed by atoms with Crippen molar-refractivity contribution < 1.29 is 0 Å². The van der Waals surface area contributed by atoms with Crippen molar-refractivity contribution in [3.63, 3.8) is 0 Å². The van der Waals surface area contributed by atoms with Crippen molar-refractivity contribution >= 4 is 28.9 Å². The van der Waals surface area contributed by atoms with Gasteiger partial charge in [0, 0.05) is 19.1 Å². The van der Waals surface area contributed by atoms with E-state index in [1.54, 1.807) is 0 Å². The van der Waals surface area contributed by atoms with Crippen LogP contribution >= 0.6 is 23.2 Å². The summed E-state index contributed by atoms with van der Waals surface area (Å²) in [6.45, 7) is 2.03. The molecule has 0 aliphatic carbocycles. The smallest absolute Gasteiger partial charge is 0.0825 e. The van der Waals surface area contributed by atoms with Crippen molar-refractivity contribution in [3.8, 4) is 0 Å². The molecule has 1 atom stereocenters. The molecule has 1 heterocycles. The van der Waals surface area contributed by atoms with Gasteiger partial charge in [-0.15, -0.1) is 0 Å². The van der Waals surface area contributed by atoms with Gasteiger partial charge in [-0.2, -0.15) is 0 Å². The van der Waals surface area contributed by atoms with Crippen LogP contribution in [0.2, 0.25) is 10.0 Å². The molecule has 1 saturated heterocycles. The molecule has 15 heavy (non-hydrogen) atoms. The van der Waals surface area contributed by atoms with Crippen molar-refractivity contribution in [2.24, 2.45) is 0 Å². The van der Waals surface area contributed by atoms with E-state index in [2.05, 4.69) is 10.2 Å². The van der Waals surface area contributed by atoms with Crippen molar-refractivity contribution in [3.05, 3.63) is 28.2 Å². The van der Waals surface area contributed by atoms with Gasteiger partial charge >= 0.3 is 0 Å². The lowest BCUT2D eigenvalue weighted by Gasteiger charge is -2.20. The van der Waals surface area contributed by atoms with Crippen LogP contribution in [0.4, 0.5) is 5.69 Å². The predicted molar refractivity (Wildman–Crippen MR) is 66.1 cm³/mol. The molecule has 1 aromatic rings. The van der Waals surface area contributed by atoms with Crippen LogP contribution in [0.3, 0.4) is 0 Å². The third-order valence-corrected chi connectivity index (χ3v) is 3.68. The Morgan fingerprint density at radius 2 is 2.20 bits per heavy atom.